The second-order valence-corrected chi connectivity index (χ2v) is 3.04. The zero-order valence-corrected chi connectivity index (χ0v) is 8.04. The quantitative estimate of drug-likeness (QED) is 0.448. The number of non-ortho nitro benzene ring substituents is 1. The Bertz CT molecular complexity index is 454. The maximum Gasteiger partial charge on any atom is 0.417 e. The van der Waals surface area contributed by atoms with Crippen LogP contribution < -0.4 is 0 Å². The predicted molar refractivity (Wildman–Crippen MR) is 48.1 cm³/mol. The van der Waals surface area contributed by atoms with Gasteiger partial charge in [0.1, 0.15) is 0 Å². The van der Waals surface area contributed by atoms with Crippen LogP contribution in [0.25, 0.3) is 0 Å². The molecule has 4 nitrogen and oxygen atoms in total. The third-order valence-electron chi connectivity index (χ3n) is 1.90. The fraction of sp³-hybridized carbons (Fsp3) is 0.222. The van der Waals surface area contributed by atoms with Crippen LogP contribution in [-0.2, 0) is 6.18 Å². The number of benzene rings is 1. The summed E-state index contributed by atoms with van der Waals surface area (Å²) in [7, 11) is 0. The Morgan fingerprint density at radius 3 is 2.31 bits per heavy atom. The molecule has 86 valence electrons. The number of rotatable bonds is 2. The number of nitro groups is 1. The minimum atomic E-state index is -4.78. The maximum absolute atomic E-state index is 12.5. The summed E-state index contributed by atoms with van der Waals surface area (Å²) in [6.07, 6.45) is -4.78. The van der Waals surface area contributed by atoms with Crippen LogP contribution in [-0.4, -0.2) is 10.7 Å². The molecule has 1 aromatic carbocycles. The molecule has 16 heavy (non-hydrogen) atoms. The van der Waals surface area contributed by atoms with E-state index in [1.165, 1.54) is 0 Å². The largest absolute Gasteiger partial charge is 0.417 e. The fourth-order valence-corrected chi connectivity index (χ4v) is 1.19. The van der Waals surface area contributed by atoms with Crippen LogP contribution in [0.2, 0.25) is 0 Å². The smallest absolute Gasteiger partial charge is 0.294 e. The lowest BCUT2D eigenvalue weighted by atomic mass is 10.0. The van der Waals surface area contributed by atoms with Crippen LogP contribution in [0, 0.1) is 10.1 Å². The topological polar surface area (TPSA) is 60.2 Å². The van der Waals surface area contributed by atoms with Crippen LogP contribution in [0.3, 0.4) is 0 Å². The van der Waals surface area contributed by atoms with Gasteiger partial charge in [-0.15, -0.1) is 0 Å². The lowest BCUT2D eigenvalue weighted by Crippen LogP contribution is -2.12. The van der Waals surface area contributed by atoms with Crippen molar-refractivity contribution in [1.82, 2.24) is 0 Å². The average molecular weight is 233 g/mol. The number of hydrogen-bond donors (Lipinski definition) is 0. The van der Waals surface area contributed by atoms with Crippen molar-refractivity contribution in [2.45, 2.75) is 13.1 Å². The number of alkyl halides is 3. The van der Waals surface area contributed by atoms with Gasteiger partial charge in [-0.3, -0.25) is 14.9 Å². The van der Waals surface area contributed by atoms with E-state index in [2.05, 4.69) is 0 Å². The number of Topliss-reactive ketones (excluding diaryl/α,β-unsaturated/α-hetero) is 1. The second-order valence-electron chi connectivity index (χ2n) is 3.04. The van der Waals surface area contributed by atoms with Crippen LogP contribution in [0.5, 0.6) is 0 Å². The van der Waals surface area contributed by atoms with Crippen molar-refractivity contribution in [3.05, 3.63) is 39.4 Å². The molecule has 0 bridgehead atoms. The van der Waals surface area contributed by atoms with Gasteiger partial charge in [-0.1, -0.05) is 0 Å². The summed E-state index contributed by atoms with van der Waals surface area (Å²) in [6.45, 7) is 0.969. The lowest BCUT2D eigenvalue weighted by molar-refractivity contribution is -0.385. The summed E-state index contributed by atoms with van der Waals surface area (Å²) >= 11 is 0. The molecule has 0 aromatic heterocycles. The second kappa shape index (κ2) is 3.92. The molecule has 7 heteroatoms. The summed E-state index contributed by atoms with van der Waals surface area (Å²) < 4.78 is 37.4. The van der Waals surface area contributed by atoms with E-state index >= 15 is 0 Å². The zero-order valence-electron chi connectivity index (χ0n) is 8.04. The van der Waals surface area contributed by atoms with Crippen molar-refractivity contribution in [1.29, 1.82) is 0 Å². The SMILES string of the molecule is CC(=O)c1ccc([N+](=O)[O-])cc1C(F)(F)F. The van der Waals surface area contributed by atoms with Gasteiger partial charge in [-0.2, -0.15) is 13.2 Å². The molecule has 0 aliphatic carbocycles. The van der Waals surface area contributed by atoms with Gasteiger partial charge in [-0.25, -0.2) is 0 Å². The zero-order chi connectivity index (χ0) is 12.5. The molecule has 0 amide bonds. The Labute approximate surface area is 87.8 Å². The number of ketones is 1. The number of halogens is 3. The van der Waals surface area contributed by atoms with E-state index < -0.39 is 33.7 Å². The highest BCUT2D eigenvalue weighted by Gasteiger charge is 2.35. The molecule has 1 rings (SSSR count). The van der Waals surface area contributed by atoms with Crippen LogP contribution >= 0.6 is 0 Å². The van der Waals surface area contributed by atoms with Gasteiger partial charge < -0.3 is 0 Å². The molecular weight excluding hydrogens is 227 g/mol. The standard InChI is InChI=1S/C9H6F3NO3/c1-5(14)7-3-2-6(13(15)16)4-8(7)9(10,11)12/h2-4H,1H3. The third kappa shape index (κ3) is 2.36. The number of carbonyl (C=O) groups is 1. The molecule has 0 fully saturated rings. The van der Waals surface area contributed by atoms with Crippen molar-refractivity contribution >= 4 is 11.5 Å². The highest BCUT2D eigenvalue weighted by molar-refractivity contribution is 5.96. The first-order chi connectivity index (χ1) is 7.23. The molecule has 0 atom stereocenters. The fourth-order valence-electron chi connectivity index (χ4n) is 1.19. The van der Waals surface area contributed by atoms with E-state index in [-0.39, 0.29) is 0 Å². The summed E-state index contributed by atoms with van der Waals surface area (Å²) in [4.78, 5) is 20.3. The van der Waals surface area contributed by atoms with Gasteiger partial charge >= 0.3 is 6.18 Å². The number of nitrogens with zero attached hydrogens (tertiary/aromatic N) is 1. The highest BCUT2D eigenvalue weighted by atomic mass is 19.4. The summed E-state index contributed by atoms with van der Waals surface area (Å²) in [5.74, 6) is -0.790. The molecule has 1 aromatic rings. The molecular formula is C9H6F3NO3. The van der Waals surface area contributed by atoms with E-state index in [9.17, 15) is 28.1 Å². The summed E-state index contributed by atoms with van der Waals surface area (Å²) in [5, 5.41) is 10.3. The molecule has 0 N–H and O–H groups in total. The molecule has 0 aliphatic rings. The Kier molecular flexibility index (Phi) is 2.97. The van der Waals surface area contributed by atoms with Gasteiger partial charge in [0.25, 0.3) is 5.69 Å². The Balaban J connectivity index is 3.45. The minimum Gasteiger partial charge on any atom is -0.294 e. The molecule has 0 radical (unpaired) electrons. The molecule has 0 saturated heterocycles. The average Bonchev–Trinajstić information content (AvgIpc) is 2.15. The number of carbonyl (C=O) groups excluding carboxylic acids is 1. The Morgan fingerprint density at radius 1 is 1.38 bits per heavy atom. The van der Waals surface area contributed by atoms with E-state index in [4.69, 9.17) is 0 Å². The van der Waals surface area contributed by atoms with Crippen LogP contribution in [0.15, 0.2) is 18.2 Å². The van der Waals surface area contributed by atoms with Crippen molar-refractivity contribution in [3.8, 4) is 0 Å². The van der Waals surface area contributed by atoms with Crippen molar-refractivity contribution in [2.24, 2.45) is 0 Å². The maximum atomic E-state index is 12.5. The molecule has 0 aliphatic heterocycles. The monoisotopic (exact) mass is 233 g/mol. The Hall–Kier alpha value is -1.92. The summed E-state index contributed by atoms with van der Waals surface area (Å²) in [6, 6.07) is 2.03. The third-order valence-corrected chi connectivity index (χ3v) is 1.90. The summed E-state index contributed by atoms with van der Waals surface area (Å²) in [5.41, 5.74) is -2.55. The highest BCUT2D eigenvalue weighted by Crippen LogP contribution is 2.34. The normalized spacial score (nSPS) is 11.2. The molecule has 0 unspecified atom stereocenters. The van der Waals surface area contributed by atoms with E-state index in [0.717, 1.165) is 19.1 Å². The first kappa shape index (κ1) is 12.2. The van der Waals surface area contributed by atoms with Gasteiger partial charge in [0.05, 0.1) is 10.5 Å². The van der Waals surface area contributed by atoms with Crippen molar-refractivity contribution in [3.63, 3.8) is 0 Å². The van der Waals surface area contributed by atoms with Gasteiger partial charge in [-0.05, 0) is 13.0 Å². The molecule has 0 heterocycles. The number of hydrogen-bond acceptors (Lipinski definition) is 3. The van der Waals surface area contributed by atoms with Crippen molar-refractivity contribution in [2.75, 3.05) is 0 Å². The van der Waals surface area contributed by atoms with Crippen LogP contribution in [0.1, 0.15) is 22.8 Å². The van der Waals surface area contributed by atoms with E-state index in [0.29, 0.717) is 6.07 Å². The molecule has 0 saturated carbocycles. The van der Waals surface area contributed by atoms with Gasteiger partial charge in [0.15, 0.2) is 5.78 Å². The first-order valence-corrected chi connectivity index (χ1v) is 4.10. The molecule has 0 spiro atoms. The van der Waals surface area contributed by atoms with E-state index in [1.54, 1.807) is 0 Å². The van der Waals surface area contributed by atoms with Gasteiger partial charge in [0, 0.05) is 17.7 Å². The predicted octanol–water partition coefficient (Wildman–Crippen LogP) is 2.82. The van der Waals surface area contributed by atoms with Gasteiger partial charge in [0.2, 0.25) is 0 Å². The minimum absolute atomic E-state index is 0.358. The lowest BCUT2D eigenvalue weighted by Gasteiger charge is -2.10. The van der Waals surface area contributed by atoms with E-state index in [1.807, 2.05) is 0 Å². The Morgan fingerprint density at radius 2 is 1.94 bits per heavy atom. The number of nitro benzene ring substituents is 1. The van der Waals surface area contributed by atoms with Crippen LogP contribution in [0.4, 0.5) is 18.9 Å². The first-order valence-electron chi connectivity index (χ1n) is 4.10. The van der Waals surface area contributed by atoms with Crippen molar-refractivity contribution < 1.29 is 22.9 Å².